The standard InChI is InChI=1S/C17H26O3/c1-14(2)17(19,13-16(18)20-3)12-8-7-11-15-9-5-4-6-10-15/h4-6,9-10,14,19H,7-8,11-13H2,1-3H3. The van der Waals surface area contributed by atoms with Crippen molar-refractivity contribution in [2.45, 2.75) is 51.6 Å². The van der Waals surface area contributed by atoms with Gasteiger partial charge in [-0.3, -0.25) is 4.79 Å². The lowest BCUT2D eigenvalue weighted by Crippen LogP contribution is -2.37. The van der Waals surface area contributed by atoms with Crippen LogP contribution in [0.5, 0.6) is 0 Å². The van der Waals surface area contributed by atoms with E-state index in [-0.39, 0.29) is 18.3 Å². The molecule has 0 saturated heterocycles. The average molecular weight is 278 g/mol. The third-order valence-electron chi connectivity index (χ3n) is 3.92. The number of unbranched alkanes of at least 4 members (excludes halogenated alkanes) is 1. The number of benzene rings is 1. The first kappa shape index (κ1) is 16.7. The van der Waals surface area contributed by atoms with Crippen molar-refractivity contribution in [1.82, 2.24) is 0 Å². The summed E-state index contributed by atoms with van der Waals surface area (Å²) < 4.78 is 4.67. The van der Waals surface area contributed by atoms with Gasteiger partial charge in [-0.15, -0.1) is 0 Å². The molecule has 0 aliphatic carbocycles. The Kier molecular flexibility index (Phi) is 6.73. The van der Waals surface area contributed by atoms with E-state index in [1.807, 2.05) is 32.0 Å². The van der Waals surface area contributed by atoms with Crippen LogP contribution in [0.25, 0.3) is 0 Å². The van der Waals surface area contributed by atoms with Crippen LogP contribution in [0.3, 0.4) is 0 Å². The number of aryl methyl sites for hydroxylation is 1. The second kappa shape index (κ2) is 8.05. The van der Waals surface area contributed by atoms with Gasteiger partial charge in [0.15, 0.2) is 0 Å². The maximum atomic E-state index is 11.4. The van der Waals surface area contributed by atoms with E-state index >= 15 is 0 Å². The summed E-state index contributed by atoms with van der Waals surface area (Å²) in [7, 11) is 1.36. The molecule has 0 saturated carbocycles. The summed E-state index contributed by atoms with van der Waals surface area (Å²) in [6.07, 6.45) is 3.63. The minimum atomic E-state index is -0.955. The van der Waals surface area contributed by atoms with Crippen LogP contribution in [-0.2, 0) is 16.0 Å². The van der Waals surface area contributed by atoms with Crippen molar-refractivity contribution < 1.29 is 14.6 Å². The Balaban J connectivity index is 2.41. The van der Waals surface area contributed by atoms with E-state index in [0.717, 1.165) is 19.3 Å². The SMILES string of the molecule is COC(=O)CC(O)(CCCCc1ccccc1)C(C)C. The molecule has 3 heteroatoms. The van der Waals surface area contributed by atoms with Crippen LogP contribution in [0.4, 0.5) is 0 Å². The molecule has 1 rings (SSSR count). The summed E-state index contributed by atoms with van der Waals surface area (Å²) in [6, 6.07) is 10.3. The summed E-state index contributed by atoms with van der Waals surface area (Å²) in [5.74, 6) is -0.303. The topological polar surface area (TPSA) is 46.5 Å². The Hall–Kier alpha value is -1.35. The molecule has 0 aliphatic heterocycles. The molecule has 112 valence electrons. The average Bonchev–Trinajstić information content (AvgIpc) is 2.44. The van der Waals surface area contributed by atoms with Gasteiger partial charge in [0.05, 0.1) is 19.1 Å². The monoisotopic (exact) mass is 278 g/mol. The smallest absolute Gasteiger partial charge is 0.308 e. The highest BCUT2D eigenvalue weighted by Gasteiger charge is 2.33. The number of esters is 1. The third-order valence-corrected chi connectivity index (χ3v) is 3.92. The van der Waals surface area contributed by atoms with Gasteiger partial charge in [-0.25, -0.2) is 0 Å². The zero-order chi connectivity index (χ0) is 15.0. The number of methoxy groups -OCH3 is 1. The van der Waals surface area contributed by atoms with Gasteiger partial charge in [-0.1, -0.05) is 50.6 Å². The first-order valence-corrected chi connectivity index (χ1v) is 7.31. The summed E-state index contributed by atoms with van der Waals surface area (Å²) >= 11 is 0. The lowest BCUT2D eigenvalue weighted by molar-refractivity contribution is -0.148. The molecule has 0 aliphatic rings. The van der Waals surface area contributed by atoms with Gasteiger partial charge in [0.1, 0.15) is 0 Å². The van der Waals surface area contributed by atoms with Crippen molar-refractivity contribution >= 4 is 5.97 Å². The number of carbonyl (C=O) groups excluding carboxylic acids is 1. The normalized spacial score (nSPS) is 14.1. The first-order valence-electron chi connectivity index (χ1n) is 7.31. The van der Waals surface area contributed by atoms with Gasteiger partial charge in [0.25, 0.3) is 0 Å². The maximum Gasteiger partial charge on any atom is 0.308 e. The Labute approximate surface area is 122 Å². The summed E-state index contributed by atoms with van der Waals surface area (Å²) in [5.41, 5.74) is 0.359. The molecule has 0 fully saturated rings. The molecule has 0 aromatic heterocycles. The maximum absolute atomic E-state index is 11.4. The van der Waals surface area contributed by atoms with Crippen molar-refractivity contribution in [2.24, 2.45) is 5.92 Å². The molecule has 0 spiro atoms. The van der Waals surface area contributed by atoms with Crippen LogP contribution >= 0.6 is 0 Å². The number of hydrogen-bond acceptors (Lipinski definition) is 3. The van der Waals surface area contributed by atoms with Crippen LogP contribution in [0.1, 0.15) is 45.1 Å². The van der Waals surface area contributed by atoms with Gasteiger partial charge < -0.3 is 9.84 Å². The van der Waals surface area contributed by atoms with E-state index in [1.165, 1.54) is 12.7 Å². The summed E-state index contributed by atoms with van der Waals surface area (Å²) in [5, 5.41) is 10.6. The summed E-state index contributed by atoms with van der Waals surface area (Å²) in [4.78, 5) is 11.4. The molecule has 3 nitrogen and oxygen atoms in total. The van der Waals surface area contributed by atoms with Gasteiger partial charge in [-0.05, 0) is 30.7 Å². The fourth-order valence-electron chi connectivity index (χ4n) is 2.31. The first-order chi connectivity index (χ1) is 9.48. The Morgan fingerprint density at radius 3 is 2.45 bits per heavy atom. The second-order valence-electron chi connectivity index (χ2n) is 5.70. The van der Waals surface area contributed by atoms with Crippen LogP contribution < -0.4 is 0 Å². The van der Waals surface area contributed by atoms with E-state index in [0.29, 0.717) is 6.42 Å². The van der Waals surface area contributed by atoms with Crippen LogP contribution in [-0.4, -0.2) is 23.8 Å². The lowest BCUT2D eigenvalue weighted by Gasteiger charge is -2.31. The van der Waals surface area contributed by atoms with Gasteiger partial charge in [0, 0.05) is 0 Å². The van der Waals surface area contributed by atoms with E-state index in [1.54, 1.807) is 0 Å². The quantitative estimate of drug-likeness (QED) is 0.586. The van der Waals surface area contributed by atoms with E-state index in [4.69, 9.17) is 0 Å². The molecule has 0 radical (unpaired) electrons. The Bertz CT molecular complexity index is 400. The zero-order valence-electron chi connectivity index (χ0n) is 12.8. The molecule has 20 heavy (non-hydrogen) atoms. The van der Waals surface area contributed by atoms with Gasteiger partial charge in [0.2, 0.25) is 0 Å². The van der Waals surface area contributed by atoms with Crippen molar-refractivity contribution in [3.63, 3.8) is 0 Å². The Morgan fingerprint density at radius 1 is 1.25 bits per heavy atom. The largest absolute Gasteiger partial charge is 0.469 e. The van der Waals surface area contributed by atoms with Crippen molar-refractivity contribution in [3.8, 4) is 0 Å². The van der Waals surface area contributed by atoms with Gasteiger partial charge >= 0.3 is 5.97 Å². The lowest BCUT2D eigenvalue weighted by atomic mass is 9.82. The number of rotatable bonds is 8. The number of carbonyl (C=O) groups is 1. The van der Waals surface area contributed by atoms with E-state index in [9.17, 15) is 9.90 Å². The highest BCUT2D eigenvalue weighted by molar-refractivity contribution is 5.70. The molecular weight excluding hydrogens is 252 g/mol. The minimum absolute atomic E-state index is 0.0401. The molecule has 1 aromatic carbocycles. The molecule has 0 heterocycles. The number of hydrogen-bond donors (Lipinski definition) is 1. The molecule has 1 N–H and O–H groups in total. The third kappa shape index (κ3) is 5.33. The predicted octanol–water partition coefficient (Wildman–Crippen LogP) is 3.35. The van der Waals surface area contributed by atoms with E-state index < -0.39 is 5.60 Å². The predicted molar refractivity (Wildman–Crippen MR) is 80.4 cm³/mol. The fraction of sp³-hybridized carbons (Fsp3) is 0.588. The molecule has 1 unspecified atom stereocenters. The molecule has 1 aromatic rings. The van der Waals surface area contributed by atoms with Crippen molar-refractivity contribution in [3.05, 3.63) is 35.9 Å². The van der Waals surface area contributed by atoms with Crippen LogP contribution in [0.2, 0.25) is 0 Å². The molecule has 0 bridgehead atoms. The zero-order valence-corrected chi connectivity index (χ0v) is 12.8. The van der Waals surface area contributed by atoms with Crippen molar-refractivity contribution in [2.75, 3.05) is 7.11 Å². The molecule has 0 amide bonds. The van der Waals surface area contributed by atoms with Crippen LogP contribution in [0, 0.1) is 5.92 Å². The minimum Gasteiger partial charge on any atom is -0.469 e. The van der Waals surface area contributed by atoms with Crippen LogP contribution in [0.15, 0.2) is 30.3 Å². The Morgan fingerprint density at radius 2 is 1.90 bits per heavy atom. The summed E-state index contributed by atoms with van der Waals surface area (Å²) in [6.45, 7) is 3.89. The fourth-order valence-corrected chi connectivity index (χ4v) is 2.31. The highest BCUT2D eigenvalue weighted by atomic mass is 16.5. The van der Waals surface area contributed by atoms with Crippen molar-refractivity contribution in [1.29, 1.82) is 0 Å². The van der Waals surface area contributed by atoms with E-state index in [2.05, 4.69) is 16.9 Å². The number of ether oxygens (including phenoxy) is 1. The highest BCUT2D eigenvalue weighted by Crippen LogP contribution is 2.28. The number of aliphatic hydroxyl groups is 1. The molecule has 1 atom stereocenters. The molecular formula is C17H26O3. The second-order valence-corrected chi connectivity index (χ2v) is 5.70. The van der Waals surface area contributed by atoms with Gasteiger partial charge in [-0.2, -0.15) is 0 Å².